The van der Waals surface area contributed by atoms with Crippen molar-refractivity contribution in [1.82, 2.24) is 0 Å². The van der Waals surface area contributed by atoms with E-state index in [1.165, 1.54) is 16.7 Å². The highest BCUT2D eigenvalue weighted by molar-refractivity contribution is 6.30. The minimum atomic E-state index is -0.0425. The van der Waals surface area contributed by atoms with Gasteiger partial charge in [-0.05, 0) is 42.2 Å². The molecule has 1 nitrogen and oxygen atoms in total. The van der Waals surface area contributed by atoms with Crippen LogP contribution >= 0.6 is 11.6 Å². The molecule has 19 heavy (non-hydrogen) atoms. The summed E-state index contributed by atoms with van der Waals surface area (Å²) >= 11 is 5.93. The van der Waals surface area contributed by atoms with Gasteiger partial charge < -0.3 is 5.73 Å². The minimum Gasteiger partial charge on any atom is -0.330 e. The molecule has 0 aliphatic carbocycles. The molecule has 0 radical (unpaired) electrons. The van der Waals surface area contributed by atoms with Crippen LogP contribution in [-0.2, 0) is 11.8 Å². The highest BCUT2D eigenvalue weighted by atomic mass is 35.5. The number of rotatable bonds is 4. The van der Waals surface area contributed by atoms with Gasteiger partial charge in [0.1, 0.15) is 0 Å². The summed E-state index contributed by atoms with van der Waals surface area (Å²) in [7, 11) is 0. The molecule has 0 aromatic heterocycles. The van der Waals surface area contributed by atoms with Crippen LogP contribution in [0.25, 0.3) is 0 Å². The average molecular weight is 274 g/mol. The molecule has 2 N–H and O–H groups in total. The fourth-order valence-electron chi connectivity index (χ4n) is 2.58. The van der Waals surface area contributed by atoms with Crippen molar-refractivity contribution in [1.29, 1.82) is 0 Å². The van der Waals surface area contributed by atoms with E-state index in [9.17, 15) is 0 Å². The largest absolute Gasteiger partial charge is 0.330 e. The molecule has 0 saturated carbocycles. The van der Waals surface area contributed by atoms with Crippen molar-refractivity contribution in [2.75, 3.05) is 6.54 Å². The van der Waals surface area contributed by atoms with Crippen LogP contribution in [-0.4, -0.2) is 6.54 Å². The number of aryl methyl sites for hydroxylation is 1. The van der Waals surface area contributed by atoms with Gasteiger partial charge in [-0.3, -0.25) is 0 Å². The van der Waals surface area contributed by atoms with Crippen molar-refractivity contribution in [3.63, 3.8) is 0 Å². The lowest BCUT2D eigenvalue weighted by atomic mass is 9.75. The highest BCUT2D eigenvalue weighted by Crippen LogP contribution is 2.30. The van der Waals surface area contributed by atoms with Crippen molar-refractivity contribution in [3.8, 4) is 0 Å². The number of nitrogens with two attached hydrogens (primary N) is 1. The minimum absolute atomic E-state index is 0.0425. The van der Waals surface area contributed by atoms with Crippen molar-refractivity contribution in [2.45, 2.75) is 25.7 Å². The Bertz CT molecular complexity index is 547. The molecule has 1 atom stereocenters. The quantitative estimate of drug-likeness (QED) is 0.891. The van der Waals surface area contributed by atoms with E-state index >= 15 is 0 Å². The summed E-state index contributed by atoms with van der Waals surface area (Å²) in [5, 5.41) is 0.772. The summed E-state index contributed by atoms with van der Waals surface area (Å²) in [4.78, 5) is 0. The maximum atomic E-state index is 6.06. The third-order valence-corrected chi connectivity index (χ3v) is 4.01. The summed E-state index contributed by atoms with van der Waals surface area (Å²) in [6.07, 6.45) is 0.922. The zero-order valence-electron chi connectivity index (χ0n) is 11.5. The van der Waals surface area contributed by atoms with Gasteiger partial charge in [0, 0.05) is 17.0 Å². The van der Waals surface area contributed by atoms with Crippen LogP contribution in [0.15, 0.2) is 48.5 Å². The van der Waals surface area contributed by atoms with Crippen molar-refractivity contribution < 1.29 is 0 Å². The van der Waals surface area contributed by atoms with Gasteiger partial charge in [0.15, 0.2) is 0 Å². The number of hydrogen-bond donors (Lipinski definition) is 1. The molecule has 0 spiro atoms. The molecule has 2 heteroatoms. The van der Waals surface area contributed by atoms with Crippen LogP contribution in [0.4, 0.5) is 0 Å². The van der Waals surface area contributed by atoms with Gasteiger partial charge in [-0.2, -0.15) is 0 Å². The molecule has 0 amide bonds. The Hall–Kier alpha value is -1.31. The Labute approximate surface area is 120 Å². The summed E-state index contributed by atoms with van der Waals surface area (Å²) in [6.45, 7) is 5.00. The zero-order valence-corrected chi connectivity index (χ0v) is 12.2. The first-order chi connectivity index (χ1) is 9.05. The Morgan fingerprint density at radius 2 is 1.68 bits per heavy atom. The van der Waals surface area contributed by atoms with Crippen LogP contribution < -0.4 is 5.73 Å². The standard InChI is InChI=1S/C17H20ClN/c1-13-5-3-4-6-16(13)17(2,12-19)11-14-7-9-15(18)10-8-14/h3-10H,11-12,19H2,1-2H3. The van der Waals surface area contributed by atoms with Crippen LogP contribution in [0, 0.1) is 6.92 Å². The van der Waals surface area contributed by atoms with Gasteiger partial charge in [0.2, 0.25) is 0 Å². The number of hydrogen-bond acceptors (Lipinski definition) is 1. The molecule has 0 fully saturated rings. The van der Waals surface area contributed by atoms with Crippen LogP contribution in [0.5, 0.6) is 0 Å². The molecule has 100 valence electrons. The van der Waals surface area contributed by atoms with E-state index in [0.717, 1.165) is 11.4 Å². The lowest BCUT2D eigenvalue weighted by Crippen LogP contribution is -2.34. The van der Waals surface area contributed by atoms with E-state index in [4.69, 9.17) is 17.3 Å². The lowest BCUT2D eigenvalue weighted by Gasteiger charge is -2.30. The Morgan fingerprint density at radius 3 is 2.26 bits per heavy atom. The molecule has 2 aromatic carbocycles. The molecule has 0 aliphatic heterocycles. The molecule has 2 rings (SSSR count). The molecular formula is C17H20ClN. The van der Waals surface area contributed by atoms with Gasteiger partial charge in [-0.15, -0.1) is 0 Å². The van der Waals surface area contributed by atoms with Gasteiger partial charge in [-0.25, -0.2) is 0 Å². The maximum Gasteiger partial charge on any atom is 0.0406 e. The third kappa shape index (κ3) is 3.17. The van der Waals surface area contributed by atoms with Gasteiger partial charge in [0.25, 0.3) is 0 Å². The fourth-order valence-corrected chi connectivity index (χ4v) is 2.71. The predicted molar refractivity (Wildman–Crippen MR) is 82.7 cm³/mol. The Balaban J connectivity index is 2.33. The summed E-state index contributed by atoms with van der Waals surface area (Å²) in [5.74, 6) is 0. The van der Waals surface area contributed by atoms with Crippen molar-refractivity contribution in [2.24, 2.45) is 5.73 Å². The number of benzene rings is 2. The van der Waals surface area contributed by atoms with Crippen molar-refractivity contribution in [3.05, 3.63) is 70.2 Å². The normalized spacial score (nSPS) is 14.1. The molecule has 1 unspecified atom stereocenters. The summed E-state index contributed by atoms with van der Waals surface area (Å²) < 4.78 is 0. The van der Waals surface area contributed by atoms with E-state index in [1.54, 1.807) is 0 Å². The fraction of sp³-hybridized carbons (Fsp3) is 0.294. The Kier molecular flexibility index (Phi) is 4.28. The molecule has 0 saturated heterocycles. The van der Waals surface area contributed by atoms with Gasteiger partial charge in [0.05, 0.1) is 0 Å². The Morgan fingerprint density at radius 1 is 1.05 bits per heavy atom. The highest BCUT2D eigenvalue weighted by Gasteiger charge is 2.26. The topological polar surface area (TPSA) is 26.0 Å². The van der Waals surface area contributed by atoms with E-state index < -0.39 is 0 Å². The van der Waals surface area contributed by atoms with Crippen LogP contribution in [0.1, 0.15) is 23.6 Å². The SMILES string of the molecule is Cc1ccccc1C(C)(CN)Cc1ccc(Cl)cc1. The number of halogens is 1. The van der Waals surface area contributed by atoms with E-state index in [1.807, 2.05) is 12.1 Å². The second kappa shape index (κ2) is 5.77. The summed E-state index contributed by atoms with van der Waals surface area (Å²) in [6, 6.07) is 16.5. The molecule has 0 heterocycles. The third-order valence-electron chi connectivity index (χ3n) is 3.75. The van der Waals surface area contributed by atoms with Crippen molar-refractivity contribution >= 4 is 11.6 Å². The first-order valence-electron chi connectivity index (χ1n) is 6.56. The second-order valence-corrected chi connectivity index (χ2v) is 5.82. The van der Waals surface area contributed by atoms with Crippen LogP contribution in [0.2, 0.25) is 5.02 Å². The molecular weight excluding hydrogens is 254 g/mol. The smallest absolute Gasteiger partial charge is 0.0406 e. The first kappa shape index (κ1) is 14.1. The van der Waals surface area contributed by atoms with E-state index in [0.29, 0.717) is 6.54 Å². The monoisotopic (exact) mass is 273 g/mol. The van der Waals surface area contributed by atoms with Gasteiger partial charge in [-0.1, -0.05) is 54.9 Å². The zero-order chi connectivity index (χ0) is 13.9. The average Bonchev–Trinajstić information content (AvgIpc) is 2.42. The first-order valence-corrected chi connectivity index (χ1v) is 6.93. The van der Waals surface area contributed by atoms with Crippen LogP contribution in [0.3, 0.4) is 0 Å². The van der Waals surface area contributed by atoms with Gasteiger partial charge >= 0.3 is 0 Å². The maximum absolute atomic E-state index is 6.06. The van der Waals surface area contributed by atoms with E-state index in [2.05, 4.69) is 50.2 Å². The molecule has 0 bridgehead atoms. The summed E-state index contributed by atoms with van der Waals surface area (Å²) in [5.41, 5.74) is 9.90. The lowest BCUT2D eigenvalue weighted by molar-refractivity contribution is 0.478. The predicted octanol–water partition coefficient (Wildman–Crippen LogP) is 4.11. The molecule has 0 aliphatic rings. The molecule has 2 aromatic rings. The van der Waals surface area contributed by atoms with E-state index in [-0.39, 0.29) is 5.41 Å². The second-order valence-electron chi connectivity index (χ2n) is 5.38.